The maximum absolute atomic E-state index is 4.37. The maximum Gasteiger partial charge on any atom is 5.00 e. The number of hydrogen-bond donors (Lipinski definition) is 0. The predicted octanol–water partition coefficient (Wildman–Crippen LogP) is -5.83. The smallest absolute Gasteiger partial charge is 1.00 e. The molecule has 0 unspecified atom stereocenters. The number of hydrogen-bond acceptors (Lipinski definition) is 0. The molecule has 0 amide bonds. The molecular formula is C12H30ClO6Ta+10. The Morgan fingerprint density at radius 3 is 0.500 bits per heavy atom. The van der Waals surface area contributed by atoms with Crippen LogP contribution in [0.1, 0.15) is 0 Å². The topological polar surface area (TPSA) is 76.8 Å². The van der Waals surface area contributed by atoms with Crippen LogP contribution in [0.5, 0.6) is 0 Å². The van der Waals surface area contributed by atoms with Crippen molar-refractivity contribution in [3.05, 3.63) is 0 Å². The van der Waals surface area contributed by atoms with Crippen molar-refractivity contribution in [1.29, 1.82) is 0 Å². The maximum atomic E-state index is 4.37. The summed E-state index contributed by atoms with van der Waals surface area (Å²) in [5.74, 6) is 0. The molecular weight excluding hydrogens is 457 g/mol. The van der Waals surface area contributed by atoms with Crippen molar-refractivity contribution in [2.24, 2.45) is 0 Å². The van der Waals surface area contributed by atoms with Crippen LogP contribution in [0.4, 0.5) is 0 Å². The van der Waals surface area contributed by atoms with Gasteiger partial charge in [-0.25, -0.2) is 0 Å². The van der Waals surface area contributed by atoms with Crippen LogP contribution in [0.25, 0.3) is 0 Å². The van der Waals surface area contributed by atoms with Gasteiger partial charge in [0.25, 0.3) is 0 Å². The Morgan fingerprint density at radius 2 is 0.400 bits per heavy atom. The molecule has 8 heteroatoms. The molecule has 0 saturated carbocycles. The van der Waals surface area contributed by atoms with Crippen molar-refractivity contribution in [2.75, 3.05) is 79.3 Å². The molecule has 1 aliphatic rings. The number of rotatable bonds is 0. The van der Waals surface area contributed by atoms with Gasteiger partial charge in [-0.1, -0.05) is 0 Å². The fourth-order valence-electron chi connectivity index (χ4n) is 1.52. The Kier molecular flexibility index (Phi) is 22.8. The Hall–Kier alpha value is 0.790. The van der Waals surface area contributed by atoms with Gasteiger partial charge in [0.2, 0.25) is 79.3 Å². The van der Waals surface area contributed by atoms with Gasteiger partial charge in [0.15, 0.2) is 0 Å². The van der Waals surface area contributed by atoms with Crippen molar-refractivity contribution in [3.63, 3.8) is 0 Å². The zero-order valence-electron chi connectivity index (χ0n) is 12.0. The van der Waals surface area contributed by atoms with Crippen LogP contribution in [0, 0.1) is 0 Å². The molecule has 0 aliphatic carbocycles. The molecule has 0 radical (unpaired) electrons. The molecule has 0 atom stereocenters. The first kappa shape index (κ1) is 23.1. The van der Waals surface area contributed by atoms with Crippen LogP contribution in [0.3, 0.4) is 0 Å². The number of ether oxygens (including phenoxy) is 6. The first-order valence-electron chi connectivity index (χ1n) is 6.79. The fraction of sp³-hybridized carbons (Fsp3) is 1.00. The summed E-state index contributed by atoms with van der Waals surface area (Å²) in [7, 11) is 0. The Balaban J connectivity index is 0. The van der Waals surface area contributed by atoms with Crippen molar-refractivity contribution in [2.45, 2.75) is 0 Å². The molecule has 0 aromatic rings. The standard InChI is InChI=1S/C12H24O6.ClH.Ta/c1-2-14-5-6-16-9-10-18-12-11-17-8-7-15-4-3-13-1;;/h1-12H2;1H;/q;;+5/p+5. The molecule has 1 fully saturated rings. The molecule has 20 heavy (non-hydrogen) atoms. The molecule has 6 N–H and O–H groups in total. The van der Waals surface area contributed by atoms with Gasteiger partial charge in [-0.15, -0.1) is 0 Å². The minimum Gasteiger partial charge on any atom is -1.00 e. The van der Waals surface area contributed by atoms with E-state index in [1.54, 1.807) is 0 Å². The third-order valence-electron chi connectivity index (χ3n) is 2.50. The van der Waals surface area contributed by atoms with Crippen LogP contribution < -0.4 is 12.4 Å². The number of halogens is 1. The molecule has 0 aromatic heterocycles. The van der Waals surface area contributed by atoms with Crippen molar-refractivity contribution >= 4 is 0 Å². The molecule has 0 bridgehead atoms. The van der Waals surface area contributed by atoms with Crippen molar-refractivity contribution in [1.82, 2.24) is 0 Å². The summed E-state index contributed by atoms with van der Waals surface area (Å²) in [6.07, 6.45) is 0. The summed E-state index contributed by atoms with van der Waals surface area (Å²) in [6.45, 7) is 9.78. The Bertz CT molecular complexity index is 103. The van der Waals surface area contributed by atoms with E-state index in [1.807, 2.05) is 0 Å². The van der Waals surface area contributed by atoms with E-state index in [9.17, 15) is 0 Å². The van der Waals surface area contributed by atoms with Gasteiger partial charge >= 0.3 is 22.4 Å². The van der Waals surface area contributed by atoms with Crippen molar-refractivity contribution < 1.29 is 63.2 Å². The molecule has 6 nitrogen and oxygen atoms in total. The molecule has 1 heterocycles. The SMILES string of the molecule is C1C[OH+]CC[OH+]CC[OH+]CC[OH+]CC[OH+]CC[OH+]1.[Cl-].[Ta+5]. The van der Waals surface area contributed by atoms with Gasteiger partial charge in [-0.2, -0.15) is 0 Å². The summed E-state index contributed by atoms with van der Waals surface area (Å²) >= 11 is 0. The average molecular weight is 487 g/mol. The van der Waals surface area contributed by atoms with E-state index in [-0.39, 0.29) is 34.8 Å². The normalized spacial score (nSPS) is 21.6. The first-order chi connectivity index (χ1) is 9.00. The molecule has 0 spiro atoms. The van der Waals surface area contributed by atoms with Crippen LogP contribution in [0.15, 0.2) is 0 Å². The zero-order chi connectivity index (χ0) is 12.7. The van der Waals surface area contributed by atoms with Gasteiger partial charge in [-0.3, -0.25) is 0 Å². The third kappa shape index (κ3) is 16.8. The van der Waals surface area contributed by atoms with E-state index >= 15 is 0 Å². The molecule has 1 saturated heterocycles. The molecule has 1 rings (SSSR count). The van der Waals surface area contributed by atoms with Crippen molar-refractivity contribution in [3.8, 4) is 0 Å². The van der Waals surface area contributed by atoms with Crippen LogP contribution in [-0.2, 0) is 22.4 Å². The van der Waals surface area contributed by atoms with Crippen LogP contribution >= 0.6 is 0 Å². The van der Waals surface area contributed by atoms with Gasteiger partial charge in [-0.05, 0) is 0 Å². The molecule has 0 aromatic carbocycles. The minimum atomic E-state index is 0. The summed E-state index contributed by atoms with van der Waals surface area (Å²) < 4.78 is 26.2. The Morgan fingerprint density at radius 1 is 0.300 bits per heavy atom. The van der Waals surface area contributed by atoms with E-state index in [0.717, 1.165) is 79.3 Å². The van der Waals surface area contributed by atoms with Crippen LogP contribution in [0.2, 0.25) is 0 Å². The summed E-state index contributed by atoms with van der Waals surface area (Å²) in [5.41, 5.74) is 0. The summed E-state index contributed by atoms with van der Waals surface area (Å²) in [6, 6.07) is 0. The number of aliphatic hydroxyl groups is 12. The van der Waals surface area contributed by atoms with E-state index in [2.05, 4.69) is 28.4 Å². The van der Waals surface area contributed by atoms with E-state index in [0.29, 0.717) is 0 Å². The molecule has 116 valence electrons. The zero-order valence-corrected chi connectivity index (χ0v) is 16.0. The van der Waals surface area contributed by atoms with E-state index in [1.165, 1.54) is 0 Å². The second kappa shape index (κ2) is 19.8. The van der Waals surface area contributed by atoms with Gasteiger partial charge < -0.3 is 40.8 Å². The largest absolute Gasteiger partial charge is 5.00 e. The second-order valence-corrected chi connectivity index (χ2v) is 4.02. The molecule has 1 aliphatic heterocycles. The predicted molar refractivity (Wildman–Crippen MR) is 71.7 cm³/mol. The summed E-state index contributed by atoms with van der Waals surface area (Å²) in [5, 5.41) is 0. The third-order valence-corrected chi connectivity index (χ3v) is 2.50. The fourth-order valence-corrected chi connectivity index (χ4v) is 1.52. The van der Waals surface area contributed by atoms with E-state index < -0.39 is 0 Å². The first-order valence-corrected chi connectivity index (χ1v) is 6.79. The summed E-state index contributed by atoms with van der Waals surface area (Å²) in [4.78, 5) is 0. The van der Waals surface area contributed by atoms with Crippen LogP contribution in [-0.4, -0.2) is 108 Å². The minimum absolute atomic E-state index is 0. The van der Waals surface area contributed by atoms with E-state index in [4.69, 9.17) is 0 Å². The van der Waals surface area contributed by atoms with Gasteiger partial charge in [0, 0.05) is 0 Å². The Labute approximate surface area is 142 Å². The monoisotopic (exact) mass is 486 g/mol. The van der Waals surface area contributed by atoms with Gasteiger partial charge in [0.1, 0.15) is 0 Å². The quantitative estimate of drug-likeness (QED) is 0.306. The van der Waals surface area contributed by atoms with Gasteiger partial charge in [0.05, 0.1) is 0 Å². The second-order valence-electron chi connectivity index (χ2n) is 4.02. The average Bonchev–Trinajstić information content (AvgIpc) is 2.39.